The minimum atomic E-state index is -0.681. The third-order valence-corrected chi connectivity index (χ3v) is 3.95. The first-order valence-corrected chi connectivity index (χ1v) is 7.14. The van der Waals surface area contributed by atoms with Gasteiger partial charge < -0.3 is 15.5 Å². The van der Waals surface area contributed by atoms with Crippen molar-refractivity contribution >= 4 is 11.8 Å². The Kier molecular flexibility index (Phi) is 4.62. The molecule has 0 radical (unpaired) electrons. The molecule has 0 bridgehead atoms. The Balaban J connectivity index is 1.92. The molecular formula is C14H23N5O2. The van der Waals surface area contributed by atoms with Gasteiger partial charge >= 0.3 is 0 Å². The number of rotatable bonds is 3. The molecule has 1 aromatic rings. The quantitative estimate of drug-likeness (QED) is 0.832. The van der Waals surface area contributed by atoms with E-state index in [1.165, 1.54) is 0 Å². The molecule has 2 amide bonds. The van der Waals surface area contributed by atoms with Gasteiger partial charge in [-0.25, -0.2) is 0 Å². The summed E-state index contributed by atoms with van der Waals surface area (Å²) in [5, 5.41) is 4.04. The lowest BCUT2D eigenvalue weighted by Crippen LogP contribution is -2.45. The second-order valence-corrected chi connectivity index (χ2v) is 5.76. The maximum atomic E-state index is 12.4. The topological polar surface area (TPSA) is 84.5 Å². The van der Waals surface area contributed by atoms with Gasteiger partial charge in [0.15, 0.2) is 0 Å². The molecule has 1 aromatic heterocycles. The summed E-state index contributed by atoms with van der Waals surface area (Å²) < 4.78 is 1.63. The molecule has 2 N–H and O–H groups in total. The molecular weight excluding hydrogens is 270 g/mol. The molecule has 1 aliphatic heterocycles. The zero-order valence-corrected chi connectivity index (χ0v) is 12.8. The first-order chi connectivity index (χ1) is 9.90. The van der Waals surface area contributed by atoms with Crippen molar-refractivity contribution in [1.29, 1.82) is 0 Å². The first kappa shape index (κ1) is 15.5. The van der Waals surface area contributed by atoms with Crippen molar-refractivity contribution in [3.05, 3.63) is 18.0 Å². The summed E-state index contributed by atoms with van der Waals surface area (Å²) in [7, 11) is 5.31. The van der Waals surface area contributed by atoms with Crippen LogP contribution in [0.3, 0.4) is 0 Å². The number of carbonyl (C=O) groups excluding carboxylic acids is 2. The fourth-order valence-corrected chi connectivity index (χ4v) is 2.65. The number of amides is 2. The van der Waals surface area contributed by atoms with Crippen molar-refractivity contribution in [2.45, 2.75) is 18.9 Å². The van der Waals surface area contributed by atoms with E-state index < -0.39 is 6.04 Å². The highest BCUT2D eigenvalue weighted by molar-refractivity contribution is 5.83. The van der Waals surface area contributed by atoms with Gasteiger partial charge in [-0.15, -0.1) is 0 Å². The molecule has 1 atom stereocenters. The van der Waals surface area contributed by atoms with Crippen molar-refractivity contribution in [1.82, 2.24) is 19.6 Å². The van der Waals surface area contributed by atoms with E-state index in [-0.39, 0.29) is 17.7 Å². The maximum Gasteiger partial charge on any atom is 0.244 e. The van der Waals surface area contributed by atoms with Gasteiger partial charge in [-0.1, -0.05) is 0 Å². The van der Waals surface area contributed by atoms with E-state index in [0.717, 1.165) is 0 Å². The molecule has 0 aliphatic carbocycles. The normalized spacial score (nSPS) is 17.6. The molecule has 21 heavy (non-hydrogen) atoms. The maximum absolute atomic E-state index is 12.4. The van der Waals surface area contributed by atoms with E-state index >= 15 is 0 Å². The summed E-state index contributed by atoms with van der Waals surface area (Å²) in [5.74, 6) is 0.0519. The second-order valence-electron chi connectivity index (χ2n) is 5.76. The van der Waals surface area contributed by atoms with E-state index in [0.29, 0.717) is 31.5 Å². The van der Waals surface area contributed by atoms with Crippen LogP contribution in [0.15, 0.2) is 12.4 Å². The zero-order chi connectivity index (χ0) is 15.6. The van der Waals surface area contributed by atoms with Crippen LogP contribution >= 0.6 is 0 Å². The average Bonchev–Trinajstić information content (AvgIpc) is 2.91. The Hall–Kier alpha value is -1.89. The van der Waals surface area contributed by atoms with Crippen LogP contribution in [0, 0.1) is 5.92 Å². The molecule has 0 aromatic carbocycles. The van der Waals surface area contributed by atoms with Gasteiger partial charge in [-0.2, -0.15) is 5.10 Å². The minimum Gasteiger partial charge on any atom is -0.349 e. The third kappa shape index (κ3) is 3.41. The number of aryl methyl sites for hydroxylation is 1. The van der Waals surface area contributed by atoms with Crippen LogP contribution in [-0.4, -0.2) is 58.6 Å². The number of hydrogen-bond donors (Lipinski definition) is 1. The predicted octanol–water partition coefficient (Wildman–Crippen LogP) is -0.253. The van der Waals surface area contributed by atoms with Gasteiger partial charge in [0.2, 0.25) is 11.8 Å². The van der Waals surface area contributed by atoms with Crippen molar-refractivity contribution < 1.29 is 9.59 Å². The Bertz CT molecular complexity index is 517. The number of aromatic nitrogens is 2. The molecule has 116 valence electrons. The molecule has 2 heterocycles. The molecule has 1 saturated heterocycles. The van der Waals surface area contributed by atoms with Crippen LogP contribution in [0.4, 0.5) is 0 Å². The SMILES string of the molecule is CN(C)C(=O)C1CCN(C(=O)C(N)c2cnn(C)c2)CC1. The average molecular weight is 293 g/mol. The monoisotopic (exact) mass is 293 g/mol. The van der Waals surface area contributed by atoms with Crippen molar-refractivity contribution in [2.75, 3.05) is 27.2 Å². The number of nitrogens with zero attached hydrogens (tertiary/aromatic N) is 4. The summed E-state index contributed by atoms with van der Waals surface area (Å²) in [6, 6.07) is -0.681. The summed E-state index contributed by atoms with van der Waals surface area (Å²) >= 11 is 0. The van der Waals surface area contributed by atoms with Crippen LogP contribution in [0.2, 0.25) is 0 Å². The number of likely N-dealkylation sites (tertiary alicyclic amines) is 1. The first-order valence-electron chi connectivity index (χ1n) is 7.14. The molecule has 0 saturated carbocycles. The highest BCUT2D eigenvalue weighted by Crippen LogP contribution is 2.21. The summed E-state index contributed by atoms with van der Waals surface area (Å²) in [4.78, 5) is 27.7. The second kappa shape index (κ2) is 6.26. The Labute approximate surface area is 124 Å². The lowest BCUT2D eigenvalue weighted by molar-refractivity contribution is -0.139. The highest BCUT2D eigenvalue weighted by atomic mass is 16.2. The molecule has 1 fully saturated rings. The summed E-state index contributed by atoms with van der Waals surface area (Å²) in [6.07, 6.45) is 4.76. The van der Waals surface area contributed by atoms with Gasteiger partial charge in [-0.3, -0.25) is 14.3 Å². The van der Waals surface area contributed by atoms with Gasteiger partial charge in [-0.05, 0) is 12.8 Å². The van der Waals surface area contributed by atoms with Crippen molar-refractivity contribution in [2.24, 2.45) is 18.7 Å². The highest BCUT2D eigenvalue weighted by Gasteiger charge is 2.30. The van der Waals surface area contributed by atoms with E-state index in [1.807, 2.05) is 0 Å². The predicted molar refractivity (Wildman–Crippen MR) is 78.1 cm³/mol. The van der Waals surface area contributed by atoms with Gasteiger partial charge in [0.1, 0.15) is 6.04 Å². The van der Waals surface area contributed by atoms with Crippen LogP contribution in [-0.2, 0) is 16.6 Å². The van der Waals surface area contributed by atoms with E-state index in [4.69, 9.17) is 5.73 Å². The minimum absolute atomic E-state index is 0.0127. The standard InChI is InChI=1S/C14H23N5O2/c1-17(2)13(20)10-4-6-19(7-5-10)14(21)12(15)11-8-16-18(3)9-11/h8-10,12H,4-7,15H2,1-3H3. The Morgan fingerprint density at radius 2 is 2.00 bits per heavy atom. The lowest BCUT2D eigenvalue weighted by atomic mass is 9.95. The third-order valence-electron chi connectivity index (χ3n) is 3.95. The number of nitrogens with two attached hydrogens (primary N) is 1. The van der Waals surface area contributed by atoms with E-state index in [2.05, 4.69) is 5.10 Å². The van der Waals surface area contributed by atoms with Crippen LogP contribution in [0.5, 0.6) is 0 Å². The fraction of sp³-hybridized carbons (Fsp3) is 0.643. The fourth-order valence-electron chi connectivity index (χ4n) is 2.65. The zero-order valence-electron chi connectivity index (χ0n) is 12.8. The Morgan fingerprint density at radius 3 is 2.48 bits per heavy atom. The largest absolute Gasteiger partial charge is 0.349 e. The van der Waals surface area contributed by atoms with Crippen LogP contribution in [0.1, 0.15) is 24.4 Å². The Morgan fingerprint density at radius 1 is 1.38 bits per heavy atom. The molecule has 7 nitrogen and oxygen atoms in total. The van der Waals surface area contributed by atoms with Crippen LogP contribution < -0.4 is 5.73 Å². The van der Waals surface area contributed by atoms with E-state index in [1.54, 1.807) is 48.0 Å². The van der Waals surface area contributed by atoms with Gasteiger partial charge in [0, 0.05) is 51.9 Å². The number of carbonyl (C=O) groups is 2. The molecule has 7 heteroatoms. The van der Waals surface area contributed by atoms with Crippen molar-refractivity contribution in [3.8, 4) is 0 Å². The van der Waals surface area contributed by atoms with Crippen LogP contribution in [0.25, 0.3) is 0 Å². The van der Waals surface area contributed by atoms with E-state index in [9.17, 15) is 9.59 Å². The van der Waals surface area contributed by atoms with Crippen molar-refractivity contribution in [3.63, 3.8) is 0 Å². The molecule has 1 aliphatic rings. The summed E-state index contributed by atoms with van der Waals surface area (Å²) in [6.45, 7) is 1.16. The lowest BCUT2D eigenvalue weighted by Gasteiger charge is -2.33. The number of piperidine rings is 1. The van der Waals surface area contributed by atoms with Gasteiger partial charge in [0.25, 0.3) is 0 Å². The molecule has 1 unspecified atom stereocenters. The smallest absolute Gasteiger partial charge is 0.244 e. The van der Waals surface area contributed by atoms with Gasteiger partial charge in [0.05, 0.1) is 6.20 Å². The number of hydrogen-bond acceptors (Lipinski definition) is 4. The molecule has 2 rings (SSSR count). The summed E-state index contributed by atoms with van der Waals surface area (Å²) in [5.41, 5.74) is 6.72. The molecule has 0 spiro atoms.